The van der Waals surface area contributed by atoms with Crippen molar-refractivity contribution in [2.24, 2.45) is 0 Å². The van der Waals surface area contributed by atoms with Gasteiger partial charge in [0.2, 0.25) is 0 Å². The minimum atomic E-state index is 0.773. The molecule has 2 N–H and O–H groups in total. The third kappa shape index (κ3) is 5.31. The van der Waals surface area contributed by atoms with Gasteiger partial charge in [-0.1, -0.05) is 35.9 Å². The number of hydrogen-bond donors (Lipinski definition) is 2. The van der Waals surface area contributed by atoms with Crippen molar-refractivity contribution >= 4 is 11.6 Å². The third-order valence-corrected chi connectivity index (χ3v) is 4.70. The van der Waals surface area contributed by atoms with Crippen molar-refractivity contribution in [3.63, 3.8) is 0 Å². The van der Waals surface area contributed by atoms with E-state index >= 15 is 0 Å². The lowest BCUT2D eigenvalue weighted by Gasteiger charge is -2.14. The van der Waals surface area contributed by atoms with Crippen molar-refractivity contribution in [2.75, 3.05) is 17.2 Å². The molecule has 0 unspecified atom stereocenters. The van der Waals surface area contributed by atoms with Crippen LogP contribution in [0.25, 0.3) is 0 Å². The SMILES string of the molecule is Cc1nc(NCCC2=CCCCC2)cc(NCc2ccccc2C)n1. The number of anilines is 2. The van der Waals surface area contributed by atoms with E-state index < -0.39 is 0 Å². The van der Waals surface area contributed by atoms with Crippen LogP contribution in [0.3, 0.4) is 0 Å². The topological polar surface area (TPSA) is 49.8 Å². The number of benzene rings is 1. The van der Waals surface area contributed by atoms with E-state index in [0.29, 0.717) is 0 Å². The van der Waals surface area contributed by atoms with Crippen molar-refractivity contribution in [3.05, 3.63) is 58.9 Å². The summed E-state index contributed by atoms with van der Waals surface area (Å²) >= 11 is 0. The molecule has 0 spiro atoms. The molecule has 132 valence electrons. The summed E-state index contributed by atoms with van der Waals surface area (Å²) in [7, 11) is 0. The molecule has 0 radical (unpaired) electrons. The third-order valence-electron chi connectivity index (χ3n) is 4.70. The second kappa shape index (κ2) is 8.65. The molecule has 0 aliphatic heterocycles. The average molecular weight is 336 g/mol. The Labute approximate surface area is 150 Å². The molecule has 1 heterocycles. The molecule has 4 nitrogen and oxygen atoms in total. The first-order chi connectivity index (χ1) is 12.2. The average Bonchev–Trinajstić information content (AvgIpc) is 2.62. The Kier molecular flexibility index (Phi) is 6.04. The van der Waals surface area contributed by atoms with Gasteiger partial charge in [-0.2, -0.15) is 0 Å². The van der Waals surface area contributed by atoms with Gasteiger partial charge in [-0.05, 0) is 57.1 Å². The van der Waals surface area contributed by atoms with Crippen LogP contribution in [0.4, 0.5) is 11.6 Å². The van der Waals surface area contributed by atoms with Gasteiger partial charge in [0.15, 0.2) is 0 Å². The highest BCUT2D eigenvalue weighted by Crippen LogP contribution is 2.20. The highest BCUT2D eigenvalue weighted by Gasteiger charge is 2.05. The predicted octanol–water partition coefficient (Wildman–Crippen LogP) is 5.01. The summed E-state index contributed by atoms with van der Waals surface area (Å²) in [5.74, 6) is 2.56. The van der Waals surface area contributed by atoms with Crippen LogP contribution >= 0.6 is 0 Å². The van der Waals surface area contributed by atoms with Crippen LogP contribution in [0.15, 0.2) is 42.0 Å². The maximum Gasteiger partial charge on any atom is 0.132 e. The zero-order chi connectivity index (χ0) is 17.5. The fourth-order valence-corrected chi connectivity index (χ4v) is 3.23. The zero-order valence-electron chi connectivity index (χ0n) is 15.3. The number of allylic oxidation sites excluding steroid dienone is 1. The van der Waals surface area contributed by atoms with Gasteiger partial charge in [0, 0.05) is 19.2 Å². The van der Waals surface area contributed by atoms with Gasteiger partial charge in [0.25, 0.3) is 0 Å². The van der Waals surface area contributed by atoms with E-state index in [1.54, 1.807) is 5.57 Å². The fraction of sp³-hybridized carbons (Fsp3) is 0.429. The number of aromatic nitrogens is 2. The summed E-state index contributed by atoms with van der Waals surface area (Å²) in [4.78, 5) is 9.01. The van der Waals surface area contributed by atoms with Crippen molar-refractivity contribution < 1.29 is 0 Å². The molecule has 1 aliphatic carbocycles. The summed E-state index contributed by atoms with van der Waals surface area (Å²) in [6, 6.07) is 10.4. The molecule has 2 aromatic rings. The van der Waals surface area contributed by atoms with Crippen molar-refractivity contribution in [1.82, 2.24) is 9.97 Å². The lowest BCUT2D eigenvalue weighted by atomic mass is 9.97. The van der Waals surface area contributed by atoms with Crippen LogP contribution in [0.2, 0.25) is 0 Å². The van der Waals surface area contributed by atoms with Gasteiger partial charge in [-0.15, -0.1) is 0 Å². The van der Waals surface area contributed by atoms with Crippen LogP contribution in [-0.4, -0.2) is 16.5 Å². The number of rotatable bonds is 7. The van der Waals surface area contributed by atoms with E-state index in [-0.39, 0.29) is 0 Å². The van der Waals surface area contributed by atoms with Crippen molar-refractivity contribution in [2.45, 2.75) is 52.5 Å². The molecule has 0 saturated carbocycles. The van der Waals surface area contributed by atoms with Gasteiger partial charge in [0.05, 0.1) is 0 Å². The summed E-state index contributed by atoms with van der Waals surface area (Å²) in [6.45, 7) is 5.78. The fourth-order valence-electron chi connectivity index (χ4n) is 3.23. The molecular formula is C21H28N4. The van der Waals surface area contributed by atoms with Gasteiger partial charge in [0.1, 0.15) is 17.5 Å². The molecule has 1 aromatic carbocycles. The van der Waals surface area contributed by atoms with E-state index in [4.69, 9.17) is 0 Å². The summed E-state index contributed by atoms with van der Waals surface area (Å²) in [5.41, 5.74) is 4.17. The van der Waals surface area contributed by atoms with Crippen LogP contribution < -0.4 is 10.6 Å². The Hall–Kier alpha value is -2.36. The van der Waals surface area contributed by atoms with E-state index in [2.05, 4.69) is 57.9 Å². The minimum absolute atomic E-state index is 0.773. The van der Waals surface area contributed by atoms with Crippen LogP contribution in [0.5, 0.6) is 0 Å². The molecule has 0 atom stereocenters. The molecule has 3 rings (SSSR count). The van der Waals surface area contributed by atoms with E-state index in [0.717, 1.165) is 37.0 Å². The molecule has 0 amide bonds. The minimum Gasteiger partial charge on any atom is -0.370 e. The van der Waals surface area contributed by atoms with Crippen molar-refractivity contribution in [3.8, 4) is 0 Å². The van der Waals surface area contributed by atoms with Gasteiger partial charge in [-0.3, -0.25) is 0 Å². The van der Waals surface area contributed by atoms with E-state index in [1.807, 2.05) is 13.0 Å². The highest BCUT2D eigenvalue weighted by molar-refractivity contribution is 5.48. The van der Waals surface area contributed by atoms with Crippen LogP contribution in [0, 0.1) is 13.8 Å². The smallest absolute Gasteiger partial charge is 0.132 e. The normalized spacial score (nSPS) is 14.1. The van der Waals surface area contributed by atoms with Crippen LogP contribution in [-0.2, 0) is 6.54 Å². The molecule has 1 aliphatic rings. The molecule has 25 heavy (non-hydrogen) atoms. The summed E-state index contributed by atoms with van der Waals surface area (Å²) < 4.78 is 0. The Bertz CT molecular complexity index is 736. The van der Waals surface area contributed by atoms with Gasteiger partial charge >= 0.3 is 0 Å². The Morgan fingerprint density at radius 2 is 1.80 bits per heavy atom. The first kappa shape index (κ1) is 17.5. The number of aryl methyl sites for hydroxylation is 2. The zero-order valence-corrected chi connectivity index (χ0v) is 15.3. The first-order valence-corrected chi connectivity index (χ1v) is 9.26. The highest BCUT2D eigenvalue weighted by atomic mass is 15.1. The molecule has 0 saturated heterocycles. The molecular weight excluding hydrogens is 308 g/mol. The monoisotopic (exact) mass is 336 g/mol. The Balaban J connectivity index is 1.56. The quantitative estimate of drug-likeness (QED) is 0.698. The van der Waals surface area contributed by atoms with Crippen molar-refractivity contribution in [1.29, 1.82) is 0 Å². The largest absolute Gasteiger partial charge is 0.370 e. The van der Waals surface area contributed by atoms with Crippen LogP contribution in [0.1, 0.15) is 49.1 Å². The lowest BCUT2D eigenvalue weighted by Crippen LogP contribution is -2.09. The number of nitrogens with one attached hydrogen (secondary N) is 2. The first-order valence-electron chi connectivity index (χ1n) is 9.26. The number of hydrogen-bond acceptors (Lipinski definition) is 4. The Morgan fingerprint density at radius 3 is 2.56 bits per heavy atom. The summed E-state index contributed by atoms with van der Waals surface area (Å²) in [5, 5.41) is 6.87. The Morgan fingerprint density at radius 1 is 1.00 bits per heavy atom. The molecule has 0 fully saturated rings. The lowest BCUT2D eigenvalue weighted by molar-refractivity contribution is 0.679. The molecule has 0 bridgehead atoms. The van der Waals surface area contributed by atoms with Gasteiger partial charge < -0.3 is 10.6 Å². The molecule has 1 aromatic heterocycles. The maximum absolute atomic E-state index is 4.51. The maximum atomic E-state index is 4.51. The van der Waals surface area contributed by atoms with Gasteiger partial charge in [-0.25, -0.2) is 9.97 Å². The van der Waals surface area contributed by atoms with E-state index in [1.165, 1.54) is 36.8 Å². The summed E-state index contributed by atoms with van der Waals surface area (Å²) in [6.07, 6.45) is 8.70. The predicted molar refractivity (Wildman–Crippen MR) is 105 cm³/mol. The second-order valence-corrected chi connectivity index (χ2v) is 6.75. The standard InChI is InChI=1S/C21H28N4/c1-16-8-6-7-11-19(16)15-23-21-14-20(24-17(2)25-21)22-13-12-18-9-4-3-5-10-18/h6-9,11,14H,3-5,10,12-13,15H2,1-2H3,(H2,22,23,24,25). The van der Waals surface area contributed by atoms with E-state index in [9.17, 15) is 0 Å². The second-order valence-electron chi connectivity index (χ2n) is 6.75. The number of nitrogens with zero attached hydrogens (tertiary/aromatic N) is 2. The molecule has 4 heteroatoms.